The summed E-state index contributed by atoms with van der Waals surface area (Å²) >= 11 is 0. The molecular formula is C16H16N2. The molecule has 0 spiro atoms. The third-order valence-corrected chi connectivity index (χ3v) is 2.43. The lowest BCUT2D eigenvalue weighted by Gasteiger charge is -1.98. The van der Waals surface area contributed by atoms with E-state index in [0.29, 0.717) is 0 Å². The Morgan fingerprint density at radius 2 is 1.56 bits per heavy atom. The molecule has 2 aromatic carbocycles. The first kappa shape index (κ1) is 12.1. The molecule has 0 heterocycles. The van der Waals surface area contributed by atoms with Gasteiger partial charge in [0.15, 0.2) is 0 Å². The summed E-state index contributed by atoms with van der Waals surface area (Å²) in [6.07, 6.45) is 3.91. The Morgan fingerprint density at radius 3 is 2.22 bits per heavy atom. The maximum absolute atomic E-state index is 4.19. The summed E-state index contributed by atoms with van der Waals surface area (Å²) in [4.78, 5) is 0. The summed E-state index contributed by atoms with van der Waals surface area (Å²) in [5.41, 5.74) is 6.26. The minimum atomic E-state index is 0.987. The topological polar surface area (TPSA) is 24.4 Å². The van der Waals surface area contributed by atoms with Gasteiger partial charge < -0.3 is 0 Å². The van der Waals surface area contributed by atoms with Gasteiger partial charge in [-0.1, -0.05) is 54.6 Å². The van der Waals surface area contributed by atoms with Crippen molar-refractivity contribution in [1.29, 1.82) is 0 Å². The highest BCUT2D eigenvalue weighted by Crippen LogP contribution is 2.06. The highest BCUT2D eigenvalue weighted by atomic mass is 15.3. The number of nitrogens with zero attached hydrogens (tertiary/aromatic N) is 1. The van der Waals surface area contributed by atoms with Gasteiger partial charge in [0, 0.05) is 0 Å². The third-order valence-electron chi connectivity index (χ3n) is 2.43. The van der Waals surface area contributed by atoms with Gasteiger partial charge in [-0.2, -0.15) is 5.10 Å². The van der Waals surface area contributed by atoms with Gasteiger partial charge in [-0.15, -0.1) is 0 Å². The average Bonchev–Trinajstić information content (AvgIpc) is 2.41. The van der Waals surface area contributed by atoms with Crippen molar-refractivity contribution in [3.63, 3.8) is 0 Å². The van der Waals surface area contributed by atoms with E-state index in [4.69, 9.17) is 0 Å². The average molecular weight is 236 g/mol. The van der Waals surface area contributed by atoms with Gasteiger partial charge in [0.25, 0.3) is 0 Å². The summed E-state index contributed by atoms with van der Waals surface area (Å²) in [6.45, 7) is 2.03. The first-order valence-electron chi connectivity index (χ1n) is 5.92. The second kappa shape index (κ2) is 6.40. The van der Waals surface area contributed by atoms with Crippen molar-refractivity contribution >= 4 is 18.0 Å². The molecule has 0 bridgehead atoms. The molecule has 2 nitrogen and oxygen atoms in total. The van der Waals surface area contributed by atoms with Gasteiger partial charge in [-0.25, -0.2) is 0 Å². The van der Waals surface area contributed by atoms with Gasteiger partial charge in [-0.3, -0.25) is 5.43 Å². The maximum atomic E-state index is 4.19. The van der Waals surface area contributed by atoms with E-state index < -0.39 is 0 Å². The van der Waals surface area contributed by atoms with Crippen LogP contribution in [0.3, 0.4) is 0 Å². The summed E-state index contributed by atoms with van der Waals surface area (Å²) in [6, 6.07) is 20.1. The number of hydrogen-bond donors (Lipinski definition) is 1. The molecule has 0 radical (unpaired) electrons. The van der Waals surface area contributed by atoms with E-state index in [1.54, 1.807) is 0 Å². The zero-order valence-corrected chi connectivity index (χ0v) is 10.4. The van der Waals surface area contributed by atoms with Crippen LogP contribution >= 0.6 is 0 Å². The summed E-state index contributed by atoms with van der Waals surface area (Å²) in [5.74, 6) is 0. The van der Waals surface area contributed by atoms with Crippen molar-refractivity contribution in [2.75, 3.05) is 5.43 Å². The summed E-state index contributed by atoms with van der Waals surface area (Å²) in [5, 5.41) is 4.19. The van der Waals surface area contributed by atoms with E-state index in [1.807, 2.05) is 61.7 Å². The van der Waals surface area contributed by atoms with Crippen LogP contribution in [-0.2, 0) is 0 Å². The predicted octanol–water partition coefficient (Wildman–Crippen LogP) is 4.19. The molecule has 18 heavy (non-hydrogen) atoms. The van der Waals surface area contributed by atoms with E-state index in [9.17, 15) is 0 Å². The molecule has 0 aliphatic heterocycles. The Morgan fingerprint density at radius 1 is 0.944 bits per heavy atom. The molecule has 2 rings (SSSR count). The minimum absolute atomic E-state index is 0.987. The van der Waals surface area contributed by atoms with Crippen molar-refractivity contribution in [3.05, 3.63) is 71.8 Å². The smallest absolute Gasteiger partial charge is 0.0561 e. The monoisotopic (exact) mass is 236 g/mol. The van der Waals surface area contributed by atoms with Crippen LogP contribution in [0, 0.1) is 0 Å². The lowest BCUT2D eigenvalue weighted by atomic mass is 10.1. The number of anilines is 1. The van der Waals surface area contributed by atoms with Crippen LogP contribution in [0.1, 0.15) is 12.5 Å². The van der Waals surface area contributed by atoms with Crippen molar-refractivity contribution in [1.82, 2.24) is 0 Å². The van der Waals surface area contributed by atoms with E-state index in [0.717, 1.165) is 11.3 Å². The summed E-state index contributed by atoms with van der Waals surface area (Å²) < 4.78 is 0. The Balaban J connectivity index is 1.95. The molecule has 0 unspecified atom stereocenters. The highest BCUT2D eigenvalue weighted by molar-refractivity contribution is 5.85. The fourth-order valence-electron chi connectivity index (χ4n) is 1.57. The fraction of sp³-hybridized carbons (Fsp3) is 0.0625. The fourth-order valence-corrected chi connectivity index (χ4v) is 1.57. The molecule has 0 fully saturated rings. The van der Waals surface area contributed by atoms with Crippen LogP contribution in [0.15, 0.2) is 71.3 Å². The number of rotatable bonds is 4. The summed E-state index contributed by atoms with van der Waals surface area (Å²) in [7, 11) is 0. The van der Waals surface area contributed by atoms with E-state index in [-0.39, 0.29) is 0 Å². The molecule has 0 aromatic heterocycles. The molecule has 2 heteroatoms. The number of nitrogens with one attached hydrogen (secondary N) is 1. The van der Waals surface area contributed by atoms with E-state index >= 15 is 0 Å². The van der Waals surface area contributed by atoms with Crippen LogP contribution in [-0.4, -0.2) is 6.21 Å². The molecule has 0 aliphatic carbocycles. The van der Waals surface area contributed by atoms with Gasteiger partial charge in [0.1, 0.15) is 0 Å². The molecule has 0 aliphatic rings. The molecule has 90 valence electrons. The first-order valence-corrected chi connectivity index (χ1v) is 5.92. The van der Waals surface area contributed by atoms with Crippen LogP contribution in [0.25, 0.3) is 6.08 Å². The Hall–Kier alpha value is -2.35. The number of para-hydroxylation sites is 1. The minimum Gasteiger partial charge on any atom is -0.279 e. The number of hydrazone groups is 1. The second-order valence-corrected chi connectivity index (χ2v) is 4.04. The lowest BCUT2D eigenvalue weighted by molar-refractivity contribution is 1.35. The van der Waals surface area contributed by atoms with E-state index in [2.05, 4.69) is 28.7 Å². The van der Waals surface area contributed by atoms with Crippen molar-refractivity contribution in [3.8, 4) is 0 Å². The van der Waals surface area contributed by atoms with Gasteiger partial charge >= 0.3 is 0 Å². The number of allylic oxidation sites excluding steroid dienone is 1. The molecule has 2 aromatic rings. The zero-order chi connectivity index (χ0) is 12.6. The maximum Gasteiger partial charge on any atom is 0.0561 e. The van der Waals surface area contributed by atoms with Crippen LogP contribution < -0.4 is 5.43 Å². The lowest BCUT2D eigenvalue weighted by Crippen LogP contribution is -1.89. The normalized spacial score (nSPS) is 11.7. The molecule has 0 amide bonds. The van der Waals surface area contributed by atoms with Crippen LogP contribution in [0.4, 0.5) is 5.69 Å². The molecule has 0 saturated carbocycles. The number of hydrogen-bond acceptors (Lipinski definition) is 2. The predicted molar refractivity (Wildman–Crippen MR) is 78.6 cm³/mol. The third kappa shape index (κ3) is 3.91. The van der Waals surface area contributed by atoms with Crippen LogP contribution in [0.5, 0.6) is 0 Å². The van der Waals surface area contributed by atoms with Crippen molar-refractivity contribution in [2.45, 2.75) is 6.92 Å². The zero-order valence-electron chi connectivity index (χ0n) is 10.4. The van der Waals surface area contributed by atoms with Crippen molar-refractivity contribution in [2.24, 2.45) is 5.10 Å². The largest absolute Gasteiger partial charge is 0.279 e. The molecule has 1 N–H and O–H groups in total. The van der Waals surface area contributed by atoms with Gasteiger partial charge in [-0.05, 0) is 30.2 Å². The first-order chi connectivity index (χ1) is 8.84. The van der Waals surface area contributed by atoms with Crippen molar-refractivity contribution < 1.29 is 0 Å². The molecule has 0 saturated heterocycles. The molecule has 0 atom stereocenters. The van der Waals surface area contributed by atoms with Crippen LogP contribution in [0.2, 0.25) is 0 Å². The highest BCUT2D eigenvalue weighted by Gasteiger charge is 1.88. The Bertz CT molecular complexity index is 528. The SMILES string of the molecule is CC(/C=N/Nc1ccccc1)=C\c1ccccc1. The molecular weight excluding hydrogens is 220 g/mol. The number of benzene rings is 2. The quantitative estimate of drug-likeness (QED) is 0.624. The Labute approximate surface area is 108 Å². The van der Waals surface area contributed by atoms with Gasteiger partial charge in [0.2, 0.25) is 0 Å². The van der Waals surface area contributed by atoms with Gasteiger partial charge in [0.05, 0.1) is 11.9 Å². The Kier molecular flexibility index (Phi) is 4.31. The second-order valence-electron chi connectivity index (χ2n) is 4.04. The van der Waals surface area contributed by atoms with E-state index in [1.165, 1.54) is 5.56 Å². The standard InChI is InChI=1S/C16H16N2/c1-14(12-15-8-4-2-5-9-15)13-17-18-16-10-6-3-7-11-16/h2-13,18H,1H3/b14-12+,17-13+.